The fourth-order valence-electron chi connectivity index (χ4n) is 1.48. The molecule has 0 aromatic carbocycles. The van der Waals surface area contributed by atoms with E-state index in [1.165, 1.54) is 39.0 Å². The van der Waals surface area contributed by atoms with Gasteiger partial charge in [0, 0.05) is 26.2 Å². The van der Waals surface area contributed by atoms with Crippen LogP contribution in [0.5, 0.6) is 0 Å². The van der Waals surface area contributed by atoms with Crippen LogP contribution in [0.25, 0.3) is 0 Å². The van der Waals surface area contributed by atoms with Gasteiger partial charge in [-0.3, -0.25) is 4.90 Å². The number of nitrogens with one attached hydrogen (secondary N) is 1. The summed E-state index contributed by atoms with van der Waals surface area (Å²) in [6, 6.07) is 0. The molecule has 58 valence electrons. The topological polar surface area (TPSA) is 15.3 Å². The van der Waals surface area contributed by atoms with Gasteiger partial charge in [-0.05, 0) is 12.8 Å². The van der Waals surface area contributed by atoms with Gasteiger partial charge in [0.1, 0.15) is 0 Å². The number of nitrogens with zero attached hydrogens (tertiary/aromatic N) is 1. The maximum Gasteiger partial charge on any atom is 0.0733 e. The molecule has 1 saturated heterocycles. The maximum atomic E-state index is 3.37. The Labute approximate surface area is 75.5 Å². The summed E-state index contributed by atoms with van der Waals surface area (Å²) in [6.45, 7) is 4.88. The molecule has 0 aromatic rings. The quantitative estimate of drug-likeness (QED) is 0.422. The van der Waals surface area contributed by atoms with Crippen molar-refractivity contribution in [1.29, 1.82) is 0 Å². The molecule has 2 fully saturated rings. The van der Waals surface area contributed by atoms with E-state index >= 15 is 0 Å². The Morgan fingerprint density at radius 2 is 1.80 bits per heavy atom. The molecule has 3 heteroatoms. The van der Waals surface area contributed by atoms with E-state index in [1.807, 2.05) is 0 Å². The van der Waals surface area contributed by atoms with E-state index in [0.717, 1.165) is 0 Å². The molecule has 2 aliphatic rings. The first-order chi connectivity index (χ1) is 4.81. The molecular weight excluding hydrogens is 239 g/mol. The summed E-state index contributed by atoms with van der Waals surface area (Å²) in [6.07, 6.45) is 2.82. The number of hydrogen-bond donors (Lipinski definition) is 1. The smallest absolute Gasteiger partial charge is 0.0733 e. The van der Waals surface area contributed by atoms with E-state index in [9.17, 15) is 0 Å². The lowest BCUT2D eigenvalue weighted by molar-refractivity contribution is 0.222. The highest BCUT2D eigenvalue weighted by molar-refractivity contribution is 14.1. The summed E-state index contributed by atoms with van der Waals surface area (Å²) in [5.74, 6) is 0. The Kier molecular flexibility index (Phi) is 1.90. The van der Waals surface area contributed by atoms with Crippen LogP contribution in [-0.4, -0.2) is 34.6 Å². The first-order valence-corrected chi connectivity index (χ1v) is 5.04. The molecule has 2 nitrogen and oxygen atoms in total. The van der Waals surface area contributed by atoms with Crippen molar-refractivity contribution in [3.05, 3.63) is 0 Å². The maximum absolute atomic E-state index is 3.37. The Balaban J connectivity index is 1.91. The third-order valence-corrected chi connectivity index (χ3v) is 4.11. The molecule has 1 aliphatic heterocycles. The Hall–Kier alpha value is 0.650. The number of halogens is 1. The third-order valence-electron chi connectivity index (χ3n) is 2.35. The molecule has 0 aromatic heterocycles. The molecule has 0 unspecified atom stereocenters. The van der Waals surface area contributed by atoms with Crippen molar-refractivity contribution < 1.29 is 0 Å². The largest absolute Gasteiger partial charge is 0.314 e. The van der Waals surface area contributed by atoms with Crippen molar-refractivity contribution in [2.75, 3.05) is 26.2 Å². The minimum atomic E-state index is 0.583. The van der Waals surface area contributed by atoms with Crippen LogP contribution < -0.4 is 5.32 Å². The lowest BCUT2D eigenvalue weighted by atomic mass is 10.3. The van der Waals surface area contributed by atoms with E-state index in [2.05, 4.69) is 32.8 Å². The van der Waals surface area contributed by atoms with Crippen LogP contribution in [0.2, 0.25) is 0 Å². The first kappa shape index (κ1) is 7.31. The van der Waals surface area contributed by atoms with E-state index in [0.29, 0.717) is 3.55 Å². The van der Waals surface area contributed by atoms with Crippen molar-refractivity contribution in [2.24, 2.45) is 0 Å². The van der Waals surface area contributed by atoms with Crippen molar-refractivity contribution in [3.63, 3.8) is 0 Å². The van der Waals surface area contributed by atoms with E-state index in [4.69, 9.17) is 0 Å². The van der Waals surface area contributed by atoms with Gasteiger partial charge in [0.25, 0.3) is 0 Å². The summed E-state index contributed by atoms with van der Waals surface area (Å²) in [7, 11) is 0. The van der Waals surface area contributed by atoms with Crippen molar-refractivity contribution >= 4 is 22.6 Å². The first-order valence-electron chi connectivity index (χ1n) is 3.96. The lowest BCUT2D eigenvalue weighted by Gasteiger charge is -2.31. The highest BCUT2D eigenvalue weighted by Crippen LogP contribution is 2.47. The summed E-state index contributed by atoms with van der Waals surface area (Å²) >= 11 is 2.61. The zero-order chi connectivity index (χ0) is 7.03. The van der Waals surface area contributed by atoms with Crippen LogP contribution in [0.3, 0.4) is 0 Å². The van der Waals surface area contributed by atoms with E-state index in [-0.39, 0.29) is 0 Å². The van der Waals surface area contributed by atoms with Gasteiger partial charge in [-0.15, -0.1) is 0 Å². The van der Waals surface area contributed by atoms with Gasteiger partial charge >= 0.3 is 0 Å². The molecule has 1 saturated carbocycles. The van der Waals surface area contributed by atoms with Crippen LogP contribution in [0.1, 0.15) is 12.8 Å². The molecule has 0 bridgehead atoms. The Morgan fingerprint density at radius 1 is 1.20 bits per heavy atom. The highest BCUT2D eigenvalue weighted by atomic mass is 127. The van der Waals surface area contributed by atoms with E-state index in [1.54, 1.807) is 0 Å². The van der Waals surface area contributed by atoms with Crippen LogP contribution in [0.4, 0.5) is 0 Å². The number of alkyl halides is 1. The number of piperazine rings is 1. The molecule has 1 aliphatic carbocycles. The van der Waals surface area contributed by atoms with Crippen LogP contribution in [0, 0.1) is 0 Å². The van der Waals surface area contributed by atoms with Gasteiger partial charge in [-0.1, -0.05) is 22.6 Å². The van der Waals surface area contributed by atoms with Crippen molar-refractivity contribution in [1.82, 2.24) is 10.2 Å². The van der Waals surface area contributed by atoms with Gasteiger partial charge in [0.2, 0.25) is 0 Å². The predicted octanol–water partition coefficient (Wildman–Crippen LogP) is 0.817. The molecule has 0 atom stereocenters. The summed E-state index contributed by atoms with van der Waals surface area (Å²) in [4.78, 5) is 2.62. The third kappa shape index (κ3) is 1.31. The monoisotopic (exact) mass is 252 g/mol. The zero-order valence-electron chi connectivity index (χ0n) is 6.07. The fourth-order valence-corrected chi connectivity index (χ4v) is 2.24. The van der Waals surface area contributed by atoms with Gasteiger partial charge in [0.05, 0.1) is 3.55 Å². The van der Waals surface area contributed by atoms with Crippen molar-refractivity contribution in [3.8, 4) is 0 Å². The van der Waals surface area contributed by atoms with E-state index < -0.39 is 0 Å². The highest BCUT2D eigenvalue weighted by Gasteiger charge is 2.45. The molecule has 1 N–H and O–H groups in total. The van der Waals surface area contributed by atoms with Crippen LogP contribution in [-0.2, 0) is 0 Å². The predicted molar refractivity (Wildman–Crippen MR) is 50.4 cm³/mol. The average molecular weight is 252 g/mol. The molecule has 2 rings (SSSR count). The van der Waals surface area contributed by atoms with Gasteiger partial charge in [0.15, 0.2) is 0 Å². The normalized spacial score (nSPS) is 32.1. The second-order valence-electron chi connectivity index (χ2n) is 3.16. The van der Waals surface area contributed by atoms with Crippen LogP contribution >= 0.6 is 22.6 Å². The minimum absolute atomic E-state index is 0.583. The van der Waals surface area contributed by atoms with Crippen molar-refractivity contribution in [2.45, 2.75) is 16.4 Å². The van der Waals surface area contributed by atoms with Gasteiger partial charge < -0.3 is 5.32 Å². The standard InChI is InChI=1S/C7H13IN2/c8-7(1-2-7)10-5-3-9-4-6-10/h9H,1-6H2. The Bertz CT molecular complexity index is 128. The van der Waals surface area contributed by atoms with Gasteiger partial charge in [-0.2, -0.15) is 0 Å². The van der Waals surface area contributed by atoms with Gasteiger partial charge in [-0.25, -0.2) is 0 Å². The Morgan fingerprint density at radius 3 is 2.30 bits per heavy atom. The zero-order valence-corrected chi connectivity index (χ0v) is 8.23. The number of hydrogen-bond acceptors (Lipinski definition) is 2. The molecular formula is C7H13IN2. The summed E-state index contributed by atoms with van der Waals surface area (Å²) in [5.41, 5.74) is 0. The second kappa shape index (κ2) is 2.60. The number of rotatable bonds is 1. The molecule has 0 spiro atoms. The summed E-state index contributed by atoms with van der Waals surface area (Å²) < 4.78 is 0.583. The lowest BCUT2D eigenvalue weighted by Crippen LogP contribution is -2.47. The minimum Gasteiger partial charge on any atom is -0.314 e. The molecule has 10 heavy (non-hydrogen) atoms. The molecule has 0 amide bonds. The van der Waals surface area contributed by atoms with Crippen LogP contribution in [0.15, 0.2) is 0 Å². The fraction of sp³-hybridized carbons (Fsp3) is 1.00. The molecule has 1 heterocycles. The SMILES string of the molecule is IC1(N2CCNCC2)CC1. The molecule has 0 radical (unpaired) electrons. The second-order valence-corrected chi connectivity index (χ2v) is 5.16. The average Bonchev–Trinajstić information content (AvgIpc) is 2.72. The summed E-state index contributed by atoms with van der Waals surface area (Å²) in [5, 5.41) is 3.37.